The molecule has 0 spiro atoms. The Hall–Kier alpha value is -2.76. The fourth-order valence-corrected chi connectivity index (χ4v) is 2.74. The van der Waals surface area contributed by atoms with Crippen LogP contribution in [-0.2, 0) is 10.2 Å². The number of halogens is 2. The quantitative estimate of drug-likeness (QED) is 0.783. The highest BCUT2D eigenvalue weighted by Gasteiger charge is 2.27. The van der Waals surface area contributed by atoms with Crippen molar-refractivity contribution in [2.75, 3.05) is 5.32 Å². The molecule has 0 aliphatic carbocycles. The summed E-state index contributed by atoms with van der Waals surface area (Å²) in [5, 5.41) is 5.19. The number of hydrogen-bond donors (Lipinski definition) is 2. The Morgan fingerprint density at radius 2 is 1.46 bits per heavy atom. The average molecular weight is 388 g/mol. The largest absolute Gasteiger partial charge is 0.340 e. The molecule has 2 N–H and O–H groups in total. The summed E-state index contributed by atoms with van der Waals surface area (Å²) in [5.74, 6) is -3.65. The van der Waals surface area contributed by atoms with Crippen molar-refractivity contribution < 1.29 is 18.4 Å². The van der Waals surface area contributed by atoms with E-state index in [0.29, 0.717) is 5.69 Å². The first-order chi connectivity index (χ1) is 13.0. The second-order valence-electron chi connectivity index (χ2n) is 8.11. The van der Waals surface area contributed by atoms with Crippen LogP contribution in [0, 0.1) is 17.6 Å². The van der Waals surface area contributed by atoms with Crippen LogP contribution in [0.15, 0.2) is 42.5 Å². The van der Waals surface area contributed by atoms with Gasteiger partial charge in [-0.25, -0.2) is 8.78 Å². The highest BCUT2D eigenvalue weighted by molar-refractivity contribution is 6.01. The van der Waals surface area contributed by atoms with Crippen molar-refractivity contribution in [3.63, 3.8) is 0 Å². The van der Waals surface area contributed by atoms with Crippen LogP contribution in [0.25, 0.3) is 0 Å². The van der Waals surface area contributed by atoms with Crippen molar-refractivity contribution in [3.05, 3.63) is 65.2 Å². The summed E-state index contributed by atoms with van der Waals surface area (Å²) < 4.78 is 27.7. The van der Waals surface area contributed by atoms with E-state index in [4.69, 9.17) is 0 Å². The number of nitrogens with one attached hydrogen (secondary N) is 2. The Bertz CT molecular complexity index is 836. The number of anilines is 1. The van der Waals surface area contributed by atoms with Gasteiger partial charge in [0.25, 0.3) is 5.91 Å². The summed E-state index contributed by atoms with van der Waals surface area (Å²) >= 11 is 0. The second kappa shape index (κ2) is 8.50. The smallest absolute Gasteiger partial charge is 0.257 e. The molecular weight excluding hydrogens is 362 g/mol. The predicted octanol–water partition coefficient (Wildman–Crippen LogP) is 4.66. The summed E-state index contributed by atoms with van der Waals surface area (Å²) in [4.78, 5) is 25.0. The van der Waals surface area contributed by atoms with Crippen molar-refractivity contribution >= 4 is 17.5 Å². The number of amides is 2. The number of carbonyl (C=O) groups is 2. The van der Waals surface area contributed by atoms with Gasteiger partial charge in [-0.3, -0.25) is 9.59 Å². The zero-order valence-corrected chi connectivity index (χ0v) is 16.8. The van der Waals surface area contributed by atoms with Crippen LogP contribution in [0.2, 0.25) is 0 Å². The first kappa shape index (κ1) is 21.5. The Labute approximate surface area is 164 Å². The van der Waals surface area contributed by atoms with E-state index in [1.165, 1.54) is 6.07 Å². The highest BCUT2D eigenvalue weighted by Crippen LogP contribution is 2.23. The van der Waals surface area contributed by atoms with Gasteiger partial charge < -0.3 is 10.6 Å². The lowest BCUT2D eigenvalue weighted by molar-refractivity contribution is -0.118. The Balaban J connectivity index is 2.15. The Kier molecular flexibility index (Phi) is 6.54. The maximum atomic E-state index is 13.8. The molecule has 0 heterocycles. The molecule has 0 bridgehead atoms. The molecule has 0 fully saturated rings. The second-order valence-corrected chi connectivity index (χ2v) is 8.11. The van der Waals surface area contributed by atoms with Crippen LogP contribution in [0.4, 0.5) is 14.5 Å². The van der Waals surface area contributed by atoms with E-state index in [1.54, 1.807) is 26.0 Å². The number of rotatable bonds is 5. The minimum atomic E-state index is -0.974. The first-order valence-electron chi connectivity index (χ1n) is 9.17. The van der Waals surface area contributed by atoms with Crippen LogP contribution in [0.3, 0.4) is 0 Å². The van der Waals surface area contributed by atoms with Crippen molar-refractivity contribution in [2.24, 2.45) is 5.92 Å². The summed E-state index contributed by atoms with van der Waals surface area (Å²) in [6, 6.07) is 9.64. The van der Waals surface area contributed by atoms with Gasteiger partial charge in [0, 0.05) is 5.69 Å². The molecule has 1 atom stereocenters. The summed E-state index contributed by atoms with van der Waals surface area (Å²) in [6.07, 6.45) is 0. The normalized spacial score (nSPS) is 12.6. The molecule has 0 aliphatic rings. The monoisotopic (exact) mass is 388 g/mol. The molecule has 2 aromatic carbocycles. The zero-order chi connectivity index (χ0) is 21.1. The molecule has 4 nitrogen and oxygen atoms in total. The van der Waals surface area contributed by atoms with Gasteiger partial charge in [0.1, 0.15) is 23.2 Å². The maximum Gasteiger partial charge on any atom is 0.257 e. The van der Waals surface area contributed by atoms with E-state index in [0.717, 1.165) is 17.7 Å². The lowest BCUT2D eigenvalue weighted by atomic mass is 9.87. The standard InChI is InChI=1S/C22H26F2N2O2/c1-13(2)19(26-20(27)18-16(23)7-6-8-17(18)24)21(28)25-15-11-9-14(10-12-15)22(3,4)5/h6-13,19H,1-5H3,(H,25,28)(H,26,27)/t19-/m0/s1. The molecule has 6 heteroatoms. The van der Waals surface area contributed by atoms with Gasteiger partial charge in [-0.1, -0.05) is 52.8 Å². The summed E-state index contributed by atoms with van der Waals surface area (Å²) in [6.45, 7) is 9.75. The van der Waals surface area contributed by atoms with Gasteiger partial charge in [0.05, 0.1) is 0 Å². The molecule has 28 heavy (non-hydrogen) atoms. The zero-order valence-electron chi connectivity index (χ0n) is 16.8. The SMILES string of the molecule is CC(C)[C@H](NC(=O)c1c(F)cccc1F)C(=O)Nc1ccc(C(C)(C)C)cc1. The molecule has 0 saturated carbocycles. The molecular formula is C22H26F2N2O2. The first-order valence-corrected chi connectivity index (χ1v) is 9.17. The number of carbonyl (C=O) groups excluding carboxylic acids is 2. The van der Waals surface area contributed by atoms with Crippen LogP contribution in [-0.4, -0.2) is 17.9 Å². The summed E-state index contributed by atoms with van der Waals surface area (Å²) in [7, 11) is 0. The van der Waals surface area contributed by atoms with E-state index >= 15 is 0 Å². The van der Waals surface area contributed by atoms with E-state index in [9.17, 15) is 18.4 Å². The van der Waals surface area contributed by atoms with Crippen molar-refractivity contribution in [1.29, 1.82) is 0 Å². The minimum Gasteiger partial charge on any atom is -0.340 e. The van der Waals surface area contributed by atoms with Crippen molar-refractivity contribution in [2.45, 2.75) is 46.1 Å². The van der Waals surface area contributed by atoms with Gasteiger partial charge in [-0.15, -0.1) is 0 Å². The molecule has 150 valence electrons. The minimum absolute atomic E-state index is 0.0131. The predicted molar refractivity (Wildman–Crippen MR) is 106 cm³/mol. The Morgan fingerprint density at radius 1 is 0.929 bits per heavy atom. The molecule has 0 unspecified atom stereocenters. The van der Waals surface area contributed by atoms with Gasteiger partial charge in [-0.2, -0.15) is 0 Å². The topological polar surface area (TPSA) is 58.2 Å². The van der Waals surface area contributed by atoms with E-state index < -0.39 is 35.1 Å². The molecule has 0 aromatic heterocycles. The molecule has 0 radical (unpaired) electrons. The third-order valence-corrected chi connectivity index (χ3v) is 4.44. The number of benzene rings is 2. The van der Waals surface area contributed by atoms with Gasteiger partial charge in [0.15, 0.2) is 0 Å². The molecule has 2 aromatic rings. The maximum absolute atomic E-state index is 13.8. The van der Waals surface area contributed by atoms with Crippen LogP contribution < -0.4 is 10.6 Å². The van der Waals surface area contributed by atoms with Gasteiger partial charge in [-0.05, 0) is 41.2 Å². The lowest BCUT2D eigenvalue weighted by Crippen LogP contribution is -2.47. The Morgan fingerprint density at radius 3 is 1.93 bits per heavy atom. The summed E-state index contributed by atoms with van der Waals surface area (Å²) in [5.41, 5.74) is 0.987. The average Bonchev–Trinajstić information content (AvgIpc) is 2.58. The van der Waals surface area contributed by atoms with E-state index in [1.807, 2.05) is 12.1 Å². The van der Waals surface area contributed by atoms with Crippen LogP contribution in [0.5, 0.6) is 0 Å². The number of hydrogen-bond acceptors (Lipinski definition) is 2. The van der Waals surface area contributed by atoms with Crippen LogP contribution >= 0.6 is 0 Å². The third kappa shape index (κ3) is 5.15. The molecule has 0 aliphatic heterocycles. The molecule has 2 rings (SSSR count). The van der Waals surface area contributed by atoms with Gasteiger partial charge in [0.2, 0.25) is 5.91 Å². The van der Waals surface area contributed by atoms with Gasteiger partial charge >= 0.3 is 0 Å². The molecule has 2 amide bonds. The van der Waals surface area contributed by atoms with E-state index in [2.05, 4.69) is 31.4 Å². The van der Waals surface area contributed by atoms with Crippen LogP contribution in [0.1, 0.15) is 50.5 Å². The fourth-order valence-electron chi connectivity index (χ4n) is 2.74. The lowest BCUT2D eigenvalue weighted by Gasteiger charge is -2.23. The van der Waals surface area contributed by atoms with Crippen molar-refractivity contribution in [3.8, 4) is 0 Å². The molecule has 0 saturated heterocycles. The highest BCUT2D eigenvalue weighted by atomic mass is 19.1. The third-order valence-electron chi connectivity index (χ3n) is 4.44. The van der Waals surface area contributed by atoms with Crippen molar-refractivity contribution in [1.82, 2.24) is 5.32 Å². The fraction of sp³-hybridized carbons (Fsp3) is 0.364. The van der Waals surface area contributed by atoms with E-state index in [-0.39, 0.29) is 11.3 Å².